The summed E-state index contributed by atoms with van der Waals surface area (Å²) in [5.41, 5.74) is 0.741. The molecule has 43 heavy (non-hydrogen) atoms. The fraction of sp³-hybridized carbons (Fsp3) is 0.455. The Morgan fingerprint density at radius 2 is 0.628 bits per heavy atom. The van der Waals surface area contributed by atoms with Crippen molar-refractivity contribution in [3.05, 3.63) is 91.0 Å². The van der Waals surface area contributed by atoms with Crippen molar-refractivity contribution in [3.8, 4) is 0 Å². The zero-order valence-electron chi connectivity index (χ0n) is 27.5. The largest absolute Gasteiger partial charge is 0.394 e. The predicted octanol–water partition coefficient (Wildman–Crippen LogP) is 5.31. The highest BCUT2D eigenvalue weighted by Gasteiger charge is 2.50. The van der Waals surface area contributed by atoms with Crippen LogP contribution in [0.3, 0.4) is 0 Å². The van der Waals surface area contributed by atoms with Crippen LogP contribution in [-0.2, 0) is 26.6 Å². The lowest BCUT2D eigenvalue weighted by molar-refractivity contribution is 0.246. The van der Waals surface area contributed by atoms with Crippen LogP contribution < -0.4 is 15.6 Å². The van der Waals surface area contributed by atoms with Gasteiger partial charge in [0.25, 0.3) is 0 Å². The molecule has 0 aliphatic carbocycles. The predicted molar refractivity (Wildman–Crippen MR) is 187 cm³/mol. The molecule has 0 aliphatic heterocycles. The van der Waals surface area contributed by atoms with Crippen LogP contribution in [0.25, 0.3) is 0 Å². The molecule has 3 aromatic carbocycles. The molecule has 0 aliphatic rings. The maximum absolute atomic E-state index is 6.36. The third-order valence-corrected chi connectivity index (χ3v) is 26.5. The van der Waals surface area contributed by atoms with Gasteiger partial charge in [0, 0.05) is 68.1 Å². The van der Waals surface area contributed by atoms with Gasteiger partial charge in [-0.25, -0.2) is 0 Å². The Kier molecular flexibility index (Phi) is 13.8. The number of hydrogen-bond donors (Lipinski definition) is 0. The van der Waals surface area contributed by atoms with Crippen molar-refractivity contribution in [1.82, 2.24) is 0 Å². The van der Waals surface area contributed by atoms with Gasteiger partial charge in [-0.3, -0.25) is 0 Å². The third-order valence-electron chi connectivity index (χ3n) is 9.35. The van der Waals surface area contributed by atoms with Crippen LogP contribution >= 0.6 is 0 Å². The van der Waals surface area contributed by atoms with E-state index in [-0.39, 0.29) is 16.6 Å². The lowest BCUT2D eigenvalue weighted by Crippen LogP contribution is -2.58. The first-order valence-corrected chi connectivity index (χ1v) is 23.3. The molecule has 0 fully saturated rings. The number of benzene rings is 3. The van der Waals surface area contributed by atoms with Gasteiger partial charge in [-0.2, -0.15) is 0 Å². The molecule has 0 radical (unpaired) electrons. The van der Waals surface area contributed by atoms with Crippen molar-refractivity contribution in [2.45, 2.75) is 55.5 Å². The molecule has 3 aromatic rings. The van der Waals surface area contributed by atoms with E-state index in [9.17, 15) is 0 Å². The molecule has 0 saturated carbocycles. The van der Waals surface area contributed by atoms with E-state index in [4.69, 9.17) is 26.6 Å². The fourth-order valence-corrected chi connectivity index (χ4v) is 25.6. The highest BCUT2D eigenvalue weighted by molar-refractivity contribution is 6.86. The molecule has 0 amide bonds. The van der Waals surface area contributed by atoms with Gasteiger partial charge in [0.15, 0.2) is 0 Å². The molecule has 0 bridgehead atoms. The number of hydrogen-bond acceptors (Lipinski definition) is 6. The zero-order chi connectivity index (χ0) is 31.5. The summed E-state index contributed by atoms with van der Waals surface area (Å²) >= 11 is 0. The van der Waals surface area contributed by atoms with Gasteiger partial charge in [-0.15, -0.1) is 0 Å². The maximum atomic E-state index is 6.36. The molecule has 10 heteroatoms. The SMILES string of the molecule is CO[Si](OC)(c1ccccc1)C(C)C[SiH](CC(C)[Si](OC)(OC)c1ccccc1)CC(C)[Si](OC)(OC)c1ccccc1. The maximum Gasteiger partial charge on any atom is 0.374 e. The molecule has 0 aromatic heterocycles. The highest BCUT2D eigenvalue weighted by Crippen LogP contribution is 2.39. The summed E-state index contributed by atoms with van der Waals surface area (Å²) < 4.78 is 38.2. The van der Waals surface area contributed by atoms with Gasteiger partial charge in [-0.05, 0) is 15.6 Å². The quantitative estimate of drug-likeness (QED) is 0.173. The summed E-state index contributed by atoms with van der Waals surface area (Å²) in [4.78, 5) is 0. The van der Waals surface area contributed by atoms with Crippen molar-refractivity contribution in [3.63, 3.8) is 0 Å². The van der Waals surface area contributed by atoms with Gasteiger partial charge in [0.2, 0.25) is 0 Å². The standard InChI is InChI=1S/C33H52O6Si4/c1-28(41(34-4,35-5)31-19-13-10-14-20-31)25-40(26-29(2)42(36-6,37-7)32-21-15-11-16-22-32)27-30(3)43(38-8,39-9)33-23-17-12-18-24-33/h10-24,28-30,40H,25-27H2,1-9H3. The van der Waals surface area contributed by atoms with E-state index in [0.717, 1.165) is 18.1 Å². The van der Waals surface area contributed by atoms with E-state index in [1.165, 1.54) is 15.6 Å². The summed E-state index contributed by atoms with van der Waals surface area (Å²) in [6, 6.07) is 34.8. The Bertz CT molecular complexity index is 1040. The molecule has 3 unspecified atom stereocenters. The Hall–Kier alpha value is -1.71. The van der Waals surface area contributed by atoms with E-state index >= 15 is 0 Å². The summed E-state index contributed by atoms with van der Waals surface area (Å²) in [7, 11) is 1.22. The average molecular weight is 657 g/mol. The van der Waals surface area contributed by atoms with Crippen LogP contribution in [0.2, 0.25) is 34.8 Å². The van der Waals surface area contributed by atoms with Crippen LogP contribution in [-0.4, -0.2) is 77.1 Å². The van der Waals surface area contributed by atoms with E-state index in [1.54, 1.807) is 0 Å². The van der Waals surface area contributed by atoms with Crippen LogP contribution in [0.5, 0.6) is 0 Å². The minimum absolute atomic E-state index is 0.247. The molecule has 236 valence electrons. The molecule has 3 atom stereocenters. The fourth-order valence-electron chi connectivity index (χ4n) is 7.28. The van der Waals surface area contributed by atoms with Gasteiger partial charge >= 0.3 is 25.7 Å². The van der Waals surface area contributed by atoms with Gasteiger partial charge in [0.05, 0.1) is 0 Å². The van der Waals surface area contributed by atoms with Gasteiger partial charge in [0.1, 0.15) is 0 Å². The summed E-state index contributed by atoms with van der Waals surface area (Å²) in [6.07, 6.45) is 0. The molecule has 6 nitrogen and oxygen atoms in total. The molecular formula is C33H52O6Si4. The molecule has 0 spiro atoms. The molecule has 0 saturated heterocycles. The molecule has 3 rings (SSSR count). The highest BCUT2D eigenvalue weighted by atomic mass is 28.4. The first-order valence-electron chi connectivity index (χ1n) is 15.2. The topological polar surface area (TPSA) is 55.4 Å². The van der Waals surface area contributed by atoms with Crippen molar-refractivity contribution in [1.29, 1.82) is 0 Å². The minimum atomic E-state index is -2.71. The minimum Gasteiger partial charge on any atom is -0.394 e. The average Bonchev–Trinajstić information content (AvgIpc) is 3.05. The Morgan fingerprint density at radius 1 is 0.419 bits per heavy atom. The van der Waals surface area contributed by atoms with E-state index in [0.29, 0.717) is 0 Å². The monoisotopic (exact) mass is 656 g/mol. The molecular weight excluding hydrogens is 605 g/mol. The van der Waals surface area contributed by atoms with Crippen LogP contribution in [0.1, 0.15) is 20.8 Å². The second-order valence-electron chi connectivity index (χ2n) is 11.6. The smallest absolute Gasteiger partial charge is 0.374 e. The normalized spacial score (nSPS) is 15.6. The summed E-state index contributed by atoms with van der Waals surface area (Å²) in [5, 5.41) is 3.51. The van der Waals surface area contributed by atoms with E-state index in [2.05, 4.69) is 93.6 Å². The van der Waals surface area contributed by atoms with Gasteiger partial charge < -0.3 is 26.6 Å². The van der Waals surface area contributed by atoms with E-state index in [1.807, 2.05) is 60.9 Å². The number of rotatable bonds is 18. The van der Waals surface area contributed by atoms with Crippen molar-refractivity contribution >= 4 is 50.0 Å². The Labute approximate surface area is 265 Å². The van der Waals surface area contributed by atoms with Crippen LogP contribution in [0.15, 0.2) is 91.0 Å². The zero-order valence-corrected chi connectivity index (χ0v) is 31.7. The summed E-state index contributed by atoms with van der Waals surface area (Å²) in [6.45, 7) is 6.97. The van der Waals surface area contributed by atoms with Crippen molar-refractivity contribution < 1.29 is 26.6 Å². The van der Waals surface area contributed by atoms with Crippen molar-refractivity contribution in [2.75, 3.05) is 42.7 Å². The lowest BCUT2D eigenvalue weighted by atomic mass is 10.4. The summed E-state index contributed by atoms with van der Waals surface area (Å²) in [5.74, 6) is 0. The van der Waals surface area contributed by atoms with Crippen molar-refractivity contribution in [2.24, 2.45) is 0 Å². The second kappa shape index (κ2) is 16.6. The van der Waals surface area contributed by atoms with Crippen LogP contribution in [0.4, 0.5) is 0 Å². The van der Waals surface area contributed by atoms with E-state index < -0.39 is 34.5 Å². The molecule has 0 heterocycles. The third kappa shape index (κ3) is 7.58. The van der Waals surface area contributed by atoms with Crippen LogP contribution in [0, 0.1) is 0 Å². The lowest BCUT2D eigenvalue weighted by Gasteiger charge is -2.40. The second-order valence-corrected chi connectivity index (χ2v) is 25.9. The Morgan fingerprint density at radius 3 is 0.814 bits per heavy atom. The molecule has 0 N–H and O–H groups in total. The first-order chi connectivity index (χ1) is 20.7. The Balaban J connectivity index is 2.03. The van der Waals surface area contributed by atoms with Gasteiger partial charge in [-0.1, -0.05) is 130 Å². The first kappa shape index (κ1) is 35.8.